The molecule has 1 aliphatic heterocycles. The Morgan fingerprint density at radius 2 is 2.19 bits per heavy atom. The van der Waals surface area contributed by atoms with E-state index < -0.39 is 4.32 Å². The Labute approximate surface area is 104 Å². The van der Waals surface area contributed by atoms with E-state index in [2.05, 4.69) is 15.9 Å². The summed E-state index contributed by atoms with van der Waals surface area (Å²) >= 11 is 3.40. The van der Waals surface area contributed by atoms with Gasteiger partial charge in [0.15, 0.2) is 0 Å². The first-order valence-corrected chi connectivity index (χ1v) is 6.20. The van der Waals surface area contributed by atoms with Crippen molar-refractivity contribution >= 4 is 27.8 Å². The molecule has 0 N–H and O–H groups in total. The first kappa shape index (κ1) is 13.5. The van der Waals surface area contributed by atoms with Crippen LogP contribution in [0, 0.1) is 0 Å². The lowest BCUT2D eigenvalue weighted by atomic mass is 9.98. The number of nitrogens with zero attached hydrogens (tertiary/aromatic N) is 1. The van der Waals surface area contributed by atoms with Crippen LogP contribution in [-0.2, 0) is 14.3 Å². The molecule has 0 aliphatic carbocycles. The molecule has 4 nitrogen and oxygen atoms in total. The first-order valence-electron chi connectivity index (χ1n) is 5.40. The molecule has 1 rings (SSSR count). The highest BCUT2D eigenvalue weighted by Crippen LogP contribution is 2.36. The minimum atomic E-state index is -0.821. The second-order valence-electron chi connectivity index (χ2n) is 4.52. The lowest BCUT2D eigenvalue weighted by Crippen LogP contribution is -2.52. The zero-order valence-corrected chi connectivity index (χ0v) is 11.7. The standard InChI is InChI=1S/C11H18BrNO3/c1-7(2)13-8(5-6-9(13)14)11(3,12)10(15)16-4/h7-8H,5-6H2,1-4H3/t8-,11?/m0/s1. The van der Waals surface area contributed by atoms with Crippen LogP contribution in [0.25, 0.3) is 0 Å². The van der Waals surface area contributed by atoms with E-state index in [1.54, 1.807) is 11.8 Å². The third-order valence-corrected chi connectivity index (χ3v) is 3.87. The Balaban J connectivity index is 2.95. The molecule has 0 saturated carbocycles. The molecule has 92 valence electrons. The average molecular weight is 292 g/mol. The van der Waals surface area contributed by atoms with Crippen LogP contribution in [0.4, 0.5) is 0 Å². The summed E-state index contributed by atoms with van der Waals surface area (Å²) in [6.45, 7) is 5.67. The van der Waals surface area contributed by atoms with Crippen molar-refractivity contribution in [3.63, 3.8) is 0 Å². The van der Waals surface area contributed by atoms with Crippen LogP contribution in [0.1, 0.15) is 33.6 Å². The molecule has 1 aliphatic rings. The summed E-state index contributed by atoms with van der Waals surface area (Å²) in [6, 6.07) is -0.0334. The van der Waals surface area contributed by atoms with Crippen molar-refractivity contribution in [1.29, 1.82) is 0 Å². The molecular weight excluding hydrogens is 274 g/mol. The van der Waals surface area contributed by atoms with Gasteiger partial charge in [-0.15, -0.1) is 0 Å². The summed E-state index contributed by atoms with van der Waals surface area (Å²) in [5.74, 6) is -0.229. The fourth-order valence-electron chi connectivity index (χ4n) is 2.22. The van der Waals surface area contributed by atoms with Crippen LogP contribution in [0.3, 0.4) is 0 Å². The van der Waals surface area contributed by atoms with Crippen molar-refractivity contribution < 1.29 is 14.3 Å². The second kappa shape index (κ2) is 4.73. The van der Waals surface area contributed by atoms with Gasteiger partial charge in [0.05, 0.1) is 13.2 Å². The maximum Gasteiger partial charge on any atom is 0.324 e. The monoisotopic (exact) mass is 291 g/mol. The van der Waals surface area contributed by atoms with Gasteiger partial charge in [0, 0.05) is 12.5 Å². The number of hydrogen-bond acceptors (Lipinski definition) is 3. The highest BCUT2D eigenvalue weighted by atomic mass is 79.9. The summed E-state index contributed by atoms with van der Waals surface area (Å²) in [5, 5.41) is 0. The van der Waals surface area contributed by atoms with Gasteiger partial charge in [-0.3, -0.25) is 9.59 Å². The van der Waals surface area contributed by atoms with Crippen LogP contribution >= 0.6 is 15.9 Å². The summed E-state index contributed by atoms with van der Waals surface area (Å²) in [6.07, 6.45) is 1.19. The third-order valence-electron chi connectivity index (χ3n) is 3.02. The summed E-state index contributed by atoms with van der Waals surface area (Å²) < 4.78 is 3.95. The smallest absolute Gasteiger partial charge is 0.324 e. The summed E-state index contributed by atoms with van der Waals surface area (Å²) in [5.41, 5.74) is 0. The Hall–Kier alpha value is -0.580. The molecule has 1 amide bonds. The Morgan fingerprint density at radius 1 is 1.62 bits per heavy atom. The number of carbonyl (C=O) groups is 2. The Kier molecular flexibility index (Phi) is 3.99. The van der Waals surface area contributed by atoms with Crippen molar-refractivity contribution in [2.45, 2.75) is 50.0 Å². The third kappa shape index (κ3) is 2.24. The topological polar surface area (TPSA) is 46.6 Å². The van der Waals surface area contributed by atoms with Gasteiger partial charge < -0.3 is 9.64 Å². The van der Waals surface area contributed by atoms with Gasteiger partial charge in [-0.25, -0.2) is 0 Å². The predicted octanol–water partition coefficient (Wildman–Crippen LogP) is 1.71. The van der Waals surface area contributed by atoms with Crippen LogP contribution in [0.5, 0.6) is 0 Å². The molecule has 1 heterocycles. The molecule has 0 spiro atoms. The van der Waals surface area contributed by atoms with Gasteiger partial charge in [-0.1, -0.05) is 15.9 Å². The number of alkyl halides is 1. The molecule has 5 heteroatoms. The van der Waals surface area contributed by atoms with E-state index in [1.165, 1.54) is 7.11 Å². The van der Waals surface area contributed by atoms with Gasteiger partial charge in [-0.2, -0.15) is 0 Å². The highest BCUT2D eigenvalue weighted by molar-refractivity contribution is 9.10. The van der Waals surface area contributed by atoms with Crippen LogP contribution < -0.4 is 0 Å². The molecule has 1 fully saturated rings. The number of rotatable bonds is 3. The molecule has 2 atom stereocenters. The van der Waals surface area contributed by atoms with E-state index >= 15 is 0 Å². The van der Waals surface area contributed by atoms with Gasteiger partial charge in [-0.05, 0) is 27.2 Å². The molecule has 0 bridgehead atoms. The van der Waals surface area contributed by atoms with Gasteiger partial charge in [0.25, 0.3) is 0 Å². The van der Waals surface area contributed by atoms with Crippen molar-refractivity contribution in [3.8, 4) is 0 Å². The minimum absolute atomic E-state index is 0.0986. The largest absolute Gasteiger partial charge is 0.468 e. The van der Waals surface area contributed by atoms with Gasteiger partial charge >= 0.3 is 5.97 Å². The second-order valence-corrected chi connectivity index (χ2v) is 6.16. The molecule has 0 aromatic rings. The molecule has 0 radical (unpaired) electrons. The molecule has 0 aromatic heterocycles. The average Bonchev–Trinajstić information content (AvgIpc) is 2.59. The quantitative estimate of drug-likeness (QED) is 0.587. The Bertz CT molecular complexity index is 302. The zero-order valence-electron chi connectivity index (χ0n) is 10.1. The number of hydrogen-bond donors (Lipinski definition) is 0. The zero-order chi connectivity index (χ0) is 12.5. The van der Waals surface area contributed by atoms with E-state index in [0.717, 1.165) is 0 Å². The number of esters is 1. The fraction of sp³-hybridized carbons (Fsp3) is 0.818. The molecule has 0 aromatic carbocycles. The predicted molar refractivity (Wildman–Crippen MR) is 64.4 cm³/mol. The highest BCUT2D eigenvalue weighted by Gasteiger charge is 2.48. The fourth-order valence-corrected chi connectivity index (χ4v) is 2.83. The molecular formula is C11H18BrNO3. The maximum atomic E-state index is 11.7. The van der Waals surface area contributed by atoms with Crippen molar-refractivity contribution in [2.75, 3.05) is 7.11 Å². The lowest BCUT2D eigenvalue weighted by molar-refractivity contribution is -0.145. The van der Waals surface area contributed by atoms with E-state index in [9.17, 15) is 9.59 Å². The van der Waals surface area contributed by atoms with E-state index in [-0.39, 0.29) is 24.0 Å². The van der Waals surface area contributed by atoms with E-state index in [1.807, 2.05) is 13.8 Å². The number of carbonyl (C=O) groups excluding carboxylic acids is 2. The molecule has 16 heavy (non-hydrogen) atoms. The van der Waals surface area contributed by atoms with Gasteiger partial charge in [0.1, 0.15) is 4.32 Å². The number of amides is 1. The van der Waals surface area contributed by atoms with Crippen LogP contribution in [0.15, 0.2) is 0 Å². The first-order chi connectivity index (χ1) is 7.32. The normalized spacial score (nSPS) is 24.8. The maximum absolute atomic E-state index is 11.7. The van der Waals surface area contributed by atoms with Crippen molar-refractivity contribution in [1.82, 2.24) is 4.90 Å². The lowest BCUT2D eigenvalue weighted by Gasteiger charge is -2.36. The SMILES string of the molecule is COC(=O)C(C)(Br)[C@@H]1CCC(=O)N1C(C)C. The minimum Gasteiger partial charge on any atom is -0.468 e. The summed E-state index contributed by atoms with van der Waals surface area (Å²) in [7, 11) is 1.36. The molecule has 1 saturated heterocycles. The number of likely N-dealkylation sites (tertiary alicyclic amines) is 1. The van der Waals surface area contributed by atoms with Crippen LogP contribution in [0.2, 0.25) is 0 Å². The van der Waals surface area contributed by atoms with Crippen molar-refractivity contribution in [3.05, 3.63) is 0 Å². The molecule has 1 unspecified atom stereocenters. The van der Waals surface area contributed by atoms with Crippen LogP contribution in [-0.4, -0.2) is 40.3 Å². The Morgan fingerprint density at radius 3 is 2.62 bits per heavy atom. The summed E-state index contributed by atoms with van der Waals surface area (Å²) in [4.78, 5) is 25.2. The van der Waals surface area contributed by atoms with E-state index in [0.29, 0.717) is 12.8 Å². The van der Waals surface area contributed by atoms with Gasteiger partial charge in [0.2, 0.25) is 5.91 Å². The number of methoxy groups -OCH3 is 1. The van der Waals surface area contributed by atoms with E-state index in [4.69, 9.17) is 4.74 Å². The number of halogens is 1. The number of ether oxygens (including phenoxy) is 1. The van der Waals surface area contributed by atoms with Crippen molar-refractivity contribution in [2.24, 2.45) is 0 Å².